The van der Waals surface area contributed by atoms with Crippen LogP contribution in [0.2, 0.25) is 0 Å². The first-order valence-corrected chi connectivity index (χ1v) is 11.4. The van der Waals surface area contributed by atoms with Crippen LogP contribution in [0.1, 0.15) is 36.8 Å². The zero-order valence-corrected chi connectivity index (χ0v) is 19.6. The number of piperazine rings is 1. The molecular weight excluding hydrogens is 440 g/mol. The Balaban J connectivity index is 1.56. The van der Waals surface area contributed by atoms with Gasteiger partial charge in [-0.15, -0.1) is 0 Å². The van der Waals surface area contributed by atoms with Gasteiger partial charge in [0, 0.05) is 61.8 Å². The molecule has 1 amide bonds. The Bertz CT molecular complexity index is 1400. The highest BCUT2D eigenvalue weighted by atomic mass is 19.1. The van der Waals surface area contributed by atoms with Gasteiger partial charge < -0.3 is 19.9 Å². The van der Waals surface area contributed by atoms with Crippen molar-refractivity contribution in [2.24, 2.45) is 0 Å². The van der Waals surface area contributed by atoms with Crippen molar-refractivity contribution >= 4 is 33.8 Å². The topological polar surface area (TPSA) is 79.5 Å². The molecule has 178 valence electrons. The minimum absolute atomic E-state index is 0.162. The SMILES string of the molecule is CCn1cc2c(N3C[C@H](C)N[C@@H](C)C3)cc(F)c(C(=O)Nc3cc(F)c4nc(C)cn4c3)c2n1. The third-order valence-corrected chi connectivity index (χ3v) is 6.11. The van der Waals surface area contributed by atoms with Crippen LogP contribution < -0.4 is 15.5 Å². The highest BCUT2D eigenvalue weighted by Gasteiger charge is 2.27. The summed E-state index contributed by atoms with van der Waals surface area (Å²) in [6.07, 6.45) is 5.05. The second kappa shape index (κ2) is 8.35. The first kappa shape index (κ1) is 22.3. The molecule has 1 aromatic carbocycles. The van der Waals surface area contributed by atoms with Gasteiger partial charge in [-0.3, -0.25) is 9.48 Å². The Morgan fingerprint density at radius 2 is 1.88 bits per heavy atom. The number of halogens is 2. The van der Waals surface area contributed by atoms with Gasteiger partial charge in [0.15, 0.2) is 11.5 Å². The molecule has 4 heterocycles. The van der Waals surface area contributed by atoms with Gasteiger partial charge in [0.2, 0.25) is 0 Å². The van der Waals surface area contributed by atoms with E-state index >= 15 is 4.39 Å². The second-order valence-corrected chi connectivity index (χ2v) is 9.02. The van der Waals surface area contributed by atoms with Crippen LogP contribution in [0.15, 0.2) is 30.7 Å². The van der Waals surface area contributed by atoms with Crippen LogP contribution in [0.25, 0.3) is 16.6 Å². The van der Waals surface area contributed by atoms with Crippen LogP contribution in [0.4, 0.5) is 20.2 Å². The lowest BCUT2D eigenvalue weighted by Crippen LogP contribution is -2.54. The molecule has 1 saturated heterocycles. The predicted octanol–water partition coefficient (Wildman–Crippen LogP) is 3.73. The number of pyridine rings is 1. The number of hydrogen-bond acceptors (Lipinski definition) is 5. The summed E-state index contributed by atoms with van der Waals surface area (Å²) in [5, 5.41) is 11.3. The summed E-state index contributed by atoms with van der Waals surface area (Å²) in [5.74, 6) is -1.93. The minimum atomic E-state index is -0.687. The zero-order valence-electron chi connectivity index (χ0n) is 19.6. The van der Waals surface area contributed by atoms with Crippen molar-refractivity contribution in [2.45, 2.75) is 46.3 Å². The maximum Gasteiger partial charge on any atom is 0.260 e. The Morgan fingerprint density at radius 1 is 1.15 bits per heavy atom. The van der Waals surface area contributed by atoms with Gasteiger partial charge in [-0.1, -0.05) is 0 Å². The monoisotopic (exact) mass is 467 g/mol. The molecule has 0 unspecified atom stereocenters. The fraction of sp³-hybridized carbons (Fsp3) is 0.375. The third-order valence-electron chi connectivity index (χ3n) is 6.11. The number of benzene rings is 1. The van der Waals surface area contributed by atoms with E-state index in [-0.39, 0.29) is 34.5 Å². The molecular formula is C24H27F2N7O. The number of amides is 1. The second-order valence-electron chi connectivity index (χ2n) is 9.02. The molecule has 1 fully saturated rings. The van der Waals surface area contributed by atoms with E-state index in [1.54, 1.807) is 24.0 Å². The number of aromatic nitrogens is 4. The van der Waals surface area contributed by atoms with Gasteiger partial charge in [-0.05, 0) is 33.8 Å². The summed E-state index contributed by atoms with van der Waals surface area (Å²) in [5.41, 5.74) is 1.84. The molecule has 1 aliphatic rings. The fourth-order valence-corrected chi connectivity index (χ4v) is 4.78. The Hall–Kier alpha value is -3.53. The van der Waals surface area contributed by atoms with Crippen LogP contribution in [0, 0.1) is 18.6 Å². The molecule has 4 aromatic rings. The van der Waals surface area contributed by atoms with Crippen molar-refractivity contribution in [2.75, 3.05) is 23.3 Å². The zero-order chi connectivity index (χ0) is 24.1. The highest BCUT2D eigenvalue weighted by molar-refractivity contribution is 6.14. The van der Waals surface area contributed by atoms with Crippen LogP contribution in [-0.2, 0) is 6.54 Å². The number of carbonyl (C=O) groups is 1. The van der Waals surface area contributed by atoms with Crippen molar-refractivity contribution in [3.05, 3.63) is 53.6 Å². The molecule has 0 saturated carbocycles. The summed E-state index contributed by atoms with van der Waals surface area (Å²) in [6, 6.07) is 3.06. The molecule has 10 heteroatoms. The summed E-state index contributed by atoms with van der Waals surface area (Å²) in [7, 11) is 0. The molecule has 2 atom stereocenters. The fourth-order valence-electron chi connectivity index (χ4n) is 4.78. The first-order valence-electron chi connectivity index (χ1n) is 11.4. The van der Waals surface area contributed by atoms with Crippen molar-refractivity contribution < 1.29 is 13.6 Å². The quantitative estimate of drug-likeness (QED) is 0.478. The molecule has 0 bridgehead atoms. The van der Waals surface area contributed by atoms with Crippen molar-refractivity contribution in [1.29, 1.82) is 0 Å². The molecule has 8 nitrogen and oxygen atoms in total. The number of hydrogen-bond donors (Lipinski definition) is 2. The Labute approximate surface area is 195 Å². The number of rotatable bonds is 4. The molecule has 5 rings (SSSR count). The van der Waals surface area contributed by atoms with E-state index in [0.717, 1.165) is 0 Å². The summed E-state index contributed by atoms with van der Waals surface area (Å²) < 4.78 is 33.2. The van der Waals surface area contributed by atoms with Crippen LogP contribution in [-0.4, -0.2) is 50.2 Å². The average molecular weight is 468 g/mol. The molecule has 34 heavy (non-hydrogen) atoms. The molecule has 3 aromatic heterocycles. The first-order chi connectivity index (χ1) is 16.2. The van der Waals surface area contributed by atoms with Gasteiger partial charge in [-0.25, -0.2) is 13.8 Å². The molecule has 1 aliphatic heterocycles. The number of nitrogens with one attached hydrogen (secondary N) is 2. The van der Waals surface area contributed by atoms with Gasteiger partial charge in [0.25, 0.3) is 5.91 Å². The van der Waals surface area contributed by atoms with Gasteiger partial charge >= 0.3 is 0 Å². The van der Waals surface area contributed by atoms with E-state index < -0.39 is 17.5 Å². The highest BCUT2D eigenvalue weighted by Crippen LogP contribution is 2.33. The number of carbonyl (C=O) groups excluding carboxylic acids is 1. The predicted molar refractivity (Wildman–Crippen MR) is 127 cm³/mol. The van der Waals surface area contributed by atoms with Crippen LogP contribution >= 0.6 is 0 Å². The average Bonchev–Trinajstić information content (AvgIpc) is 3.35. The number of nitrogens with zero attached hydrogens (tertiary/aromatic N) is 5. The van der Waals surface area contributed by atoms with E-state index in [1.165, 1.54) is 16.5 Å². The maximum atomic E-state index is 15.5. The van der Waals surface area contributed by atoms with Crippen LogP contribution in [0.3, 0.4) is 0 Å². The Kier molecular flexibility index (Phi) is 5.47. The molecule has 0 radical (unpaired) electrons. The van der Waals surface area contributed by atoms with E-state index in [2.05, 4.69) is 39.5 Å². The lowest BCUT2D eigenvalue weighted by atomic mass is 10.0. The maximum absolute atomic E-state index is 15.5. The van der Waals surface area contributed by atoms with Crippen molar-refractivity contribution in [1.82, 2.24) is 24.5 Å². The normalized spacial score (nSPS) is 18.7. The summed E-state index contributed by atoms with van der Waals surface area (Å²) in [4.78, 5) is 19.5. The lowest BCUT2D eigenvalue weighted by molar-refractivity contribution is 0.102. The minimum Gasteiger partial charge on any atom is -0.368 e. The Morgan fingerprint density at radius 3 is 2.59 bits per heavy atom. The smallest absolute Gasteiger partial charge is 0.260 e. The standard InChI is InChI=1S/C24H27F2N7O/c1-5-33-12-17-20(31-8-13(2)27-14(3)9-31)7-18(25)21(22(17)30-33)24(34)29-16-6-19(26)23-28-15(4)10-32(23)11-16/h6-7,10-14,27H,5,8-9H2,1-4H3,(H,29,34)/t13-,14-/m0/s1. The van der Waals surface area contributed by atoms with E-state index in [9.17, 15) is 9.18 Å². The third kappa shape index (κ3) is 3.87. The van der Waals surface area contributed by atoms with E-state index in [1.807, 2.05) is 13.1 Å². The van der Waals surface area contributed by atoms with Crippen molar-refractivity contribution in [3.63, 3.8) is 0 Å². The largest absolute Gasteiger partial charge is 0.368 e. The molecule has 0 spiro atoms. The molecule has 0 aliphatic carbocycles. The number of aryl methyl sites for hydroxylation is 2. The number of imidazole rings is 1. The lowest BCUT2D eigenvalue weighted by Gasteiger charge is -2.38. The number of anilines is 2. The number of fused-ring (bicyclic) bond motifs is 2. The van der Waals surface area contributed by atoms with Gasteiger partial charge in [0.05, 0.1) is 17.1 Å². The van der Waals surface area contributed by atoms with E-state index in [4.69, 9.17) is 0 Å². The van der Waals surface area contributed by atoms with Gasteiger partial charge in [-0.2, -0.15) is 5.10 Å². The van der Waals surface area contributed by atoms with E-state index in [0.29, 0.717) is 36.4 Å². The molecule has 2 N–H and O–H groups in total. The summed E-state index contributed by atoms with van der Waals surface area (Å²) in [6.45, 7) is 9.87. The van der Waals surface area contributed by atoms with Gasteiger partial charge in [0.1, 0.15) is 16.9 Å². The van der Waals surface area contributed by atoms with Crippen LogP contribution in [0.5, 0.6) is 0 Å². The summed E-state index contributed by atoms with van der Waals surface area (Å²) >= 11 is 0. The van der Waals surface area contributed by atoms with Crippen molar-refractivity contribution in [3.8, 4) is 0 Å².